The highest BCUT2D eigenvalue weighted by Gasteiger charge is 2.15. The molecule has 0 radical (unpaired) electrons. The first-order chi connectivity index (χ1) is 13.0. The lowest BCUT2D eigenvalue weighted by Crippen LogP contribution is -1.97. The minimum absolute atomic E-state index is 0.114. The summed E-state index contributed by atoms with van der Waals surface area (Å²) in [6.07, 6.45) is 0. The predicted molar refractivity (Wildman–Crippen MR) is 96.5 cm³/mol. The number of rotatable bonds is 6. The van der Waals surface area contributed by atoms with Crippen molar-refractivity contribution in [2.45, 2.75) is 30.6 Å². The van der Waals surface area contributed by atoms with Crippen molar-refractivity contribution in [2.75, 3.05) is 0 Å². The number of nitrogens with zero attached hydrogens (tertiary/aromatic N) is 4. The van der Waals surface area contributed by atoms with Gasteiger partial charge in [-0.15, -0.1) is 10.2 Å². The smallest absolute Gasteiger partial charge is 0.281 e. The fraction of sp³-hybridized carbons (Fsp3) is 0.167. The molecule has 0 aliphatic carbocycles. The van der Waals surface area contributed by atoms with Gasteiger partial charge in [-0.1, -0.05) is 12.1 Å². The number of hydrogen-bond donors (Lipinski definition) is 0. The van der Waals surface area contributed by atoms with E-state index in [0.29, 0.717) is 10.8 Å². The van der Waals surface area contributed by atoms with Gasteiger partial charge >= 0.3 is 0 Å². The Bertz CT molecular complexity index is 1040. The van der Waals surface area contributed by atoms with Crippen molar-refractivity contribution in [3.8, 4) is 11.8 Å². The normalized spacial score (nSPS) is 10.4. The molecule has 1 aromatic heterocycles. The lowest BCUT2D eigenvalue weighted by atomic mass is 10.1. The quantitative estimate of drug-likeness (QED) is 0.460. The van der Waals surface area contributed by atoms with Crippen molar-refractivity contribution in [1.29, 1.82) is 5.26 Å². The van der Waals surface area contributed by atoms with Crippen LogP contribution in [0.15, 0.2) is 50.9 Å². The van der Waals surface area contributed by atoms with E-state index in [1.807, 2.05) is 38.1 Å². The topological polar surface area (TPSA) is 115 Å². The molecule has 2 aromatic carbocycles. The molecule has 136 valence electrons. The van der Waals surface area contributed by atoms with Crippen LogP contribution in [0.4, 0.5) is 5.69 Å². The van der Waals surface area contributed by atoms with E-state index in [1.54, 1.807) is 0 Å². The van der Waals surface area contributed by atoms with Gasteiger partial charge in [0.2, 0.25) is 0 Å². The first-order valence-corrected chi connectivity index (χ1v) is 8.66. The van der Waals surface area contributed by atoms with Crippen LogP contribution in [0.25, 0.3) is 0 Å². The molecule has 0 unspecified atom stereocenters. The molecule has 0 saturated heterocycles. The molecule has 1 heterocycles. The molecule has 8 nitrogen and oxygen atoms in total. The monoisotopic (exact) mass is 382 g/mol. The van der Waals surface area contributed by atoms with Crippen LogP contribution in [-0.2, 0) is 6.61 Å². The summed E-state index contributed by atoms with van der Waals surface area (Å²) in [7, 11) is 0. The highest BCUT2D eigenvalue weighted by Crippen LogP contribution is 2.31. The minimum Gasteiger partial charge on any atom is -0.484 e. The largest absolute Gasteiger partial charge is 0.484 e. The zero-order valence-electron chi connectivity index (χ0n) is 14.5. The summed E-state index contributed by atoms with van der Waals surface area (Å²) in [4.78, 5) is 10.8. The molecule has 0 spiro atoms. The van der Waals surface area contributed by atoms with Gasteiger partial charge in [-0.3, -0.25) is 10.1 Å². The van der Waals surface area contributed by atoms with Crippen molar-refractivity contribution in [2.24, 2.45) is 0 Å². The van der Waals surface area contributed by atoms with Crippen LogP contribution in [0.3, 0.4) is 0 Å². The van der Waals surface area contributed by atoms with Crippen molar-refractivity contribution in [1.82, 2.24) is 10.2 Å². The first-order valence-electron chi connectivity index (χ1n) is 7.85. The Balaban J connectivity index is 1.70. The van der Waals surface area contributed by atoms with Crippen LogP contribution in [0.5, 0.6) is 5.75 Å². The highest BCUT2D eigenvalue weighted by atomic mass is 32.2. The Labute approximate surface area is 158 Å². The van der Waals surface area contributed by atoms with Gasteiger partial charge in [0.05, 0.1) is 10.5 Å². The number of aryl methyl sites for hydroxylation is 2. The van der Waals surface area contributed by atoms with Gasteiger partial charge in [-0.2, -0.15) is 5.26 Å². The number of nitro benzene ring substituents is 1. The Morgan fingerprint density at radius 3 is 2.81 bits per heavy atom. The summed E-state index contributed by atoms with van der Waals surface area (Å²) >= 11 is 1.07. The van der Waals surface area contributed by atoms with E-state index >= 15 is 0 Å². The zero-order valence-corrected chi connectivity index (χ0v) is 15.3. The number of aromatic nitrogens is 2. The summed E-state index contributed by atoms with van der Waals surface area (Å²) in [5.41, 5.74) is 2.10. The maximum atomic E-state index is 10.8. The molecule has 3 aromatic rings. The number of nitro groups is 1. The molecular weight excluding hydrogens is 368 g/mol. The fourth-order valence-corrected chi connectivity index (χ4v) is 3.00. The summed E-state index contributed by atoms with van der Waals surface area (Å²) in [5, 5.41) is 28.1. The van der Waals surface area contributed by atoms with Gasteiger partial charge in [-0.25, -0.2) is 0 Å². The molecule has 0 atom stereocenters. The van der Waals surface area contributed by atoms with Gasteiger partial charge in [-0.05, 0) is 48.9 Å². The van der Waals surface area contributed by atoms with Gasteiger partial charge in [0.15, 0.2) is 6.61 Å². The van der Waals surface area contributed by atoms with Crippen molar-refractivity contribution >= 4 is 17.4 Å². The maximum absolute atomic E-state index is 10.8. The summed E-state index contributed by atoms with van der Waals surface area (Å²) < 4.78 is 11.3. The number of non-ortho nitro benzene ring substituents is 1. The second kappa shape index (κ2) is 7.88. The molecule has 0 amide bonds. The Kier molecular flexibility index (Phi) is 5.38. The molecule has 0 aliphatic rings. The Hall–Kier alpha value is -3.38. The van der Waals surface area contributed by atoms with E-state index in [2.05, 4.69) is 10.2 Å². The molecule has 0 N–H and O–H groups in total. The van der Waals surface area contributed by atoms with Gasteiger partial charge in [0, 0.05) is 17.0 Å². The van der Waals surface area contributed by atoms with Crippen molar-refractivity contribution in [3.63, 3.8) is 0 Å². The van der Waals surface area contributed by atoms with E-state index in [4.69, 9.17) is 9.15 Å². The predicted octanol–water partition coefficient (Wildman–Crippen LogP) is 4.20. The second-order valence-corrected chi connectivity index (χ2v) is 6.66. The molecule has 3 rings (SSSR count). The average Bonchev–Trinajstić information content (AvgIpc) is 3.10. The molecule has 0 aliphatic heterocycles. The highest BCUT2D eigenvalue weighted by molar-refractivity contribution is 7.99. The third kappa shape index (κ3) is 4.43. The van der Waals surface area contributed by atoms with E-state index in [9.17, 15) is 15.4 Å². The molecule has 0 saturated carbocycles. The van der Waals surface area contributed by atoms with Crippen LogP contribution in [-0.4, -0.2) is 15.1 Å². The van der Waals surface area contributed by atoms with Crippen LogP contribution in [0.2, 0.25) is 0 Å². The minimum atomic E-state index is -0.551. The van der Waals surface area contributed by atoms with E-state index in [1.165, 1.54) is 18.2 Å². The zero-order chi connectivity index (χ0) is 19.4. The third-order valence-electron chi connectivity index (χ3n) is 3.63. The summed E-state index contributed by atoms with van der Waals surface area (Å²) in [6, 6.07) is 11.9. The fourth-order valence-electron chi connectivity index (χ4n) is 2.24. The Morgan fingerprint density at radius 1 is 1.26 bits per heavy atom. The number of benzene rings is 2. The molecule has 9 heteroatoms. The van der Waals surface area contributed by atoms with Crippen molar-refractivity contribution in [3.05, 3.63) is 69.1 Å². The van der Waals surface area contributed by atoms with Crippen LogP contribution in [0.1, 0.15) is 22.6 Å². The van der Waals surface area contributed by atoms with Crippen molar-refractivity contribution < 1.29 is 14.1 Å². The van der Waals surface area contributed by atoms with Crippen LogP contribution >= 0.6 is 11.8 Å². The van der Waals surface area contributed by atoms with Crippen LogP contribution < -0.4 is 4.74 Å². The SMILES string of the molecule is Cc1ccc(C)c(OCc2nnc(Sc3ccc([N+](=O)[O-])cc3C#N)o2)c1. The first kappa shape index (κ1) is 18.4. The average molecular weight is 382 g/mol. The lowest BCUT2D eigenvalue weighted by Gasteiger charge is -2.07. The standard InChI is InChI=1S/C18H14N4O4S/c1-11-3-4-12(2)15(7-11)25-10-17-20-21-18(26-17)27-16-6-5-14(22(23)24)8-13(16)9-19/h3-8H,10H2,1-2H3. The number of nitriles is 1. The summed E-state index contributed by atoms with van der Waals surface area (Å²) in [5.74, 6) is 1.03. The molecule has 0 fully saturated rings. The lowest BCUT2D eigenvalue weighted by molar-refractivity contribution is -0.384. The number of ether oxygens (including phenoxy) is 1. The molecule has 0 bridgehead atoms. The molecule has 27 heavy (non-hydrogen) atoms. The van der Waals surface area contributed by atoms with E-state index in [0.717, 1.165) is 28.6 Å². The Morgan fingerprint density at radius 2 is 2.07 bits per heavy atom. The third-order valence-corrected chi connectivity index (χ3v) is 4.55. The van der Waals surface area contributed by atoms with E-state index in [-0.39, 0.29) is 23.1 Å². The van der Waals surface area contributed by atoms with Gasteiger partial charge in [0.1, 0.15) is 11.8 Å². The van der Waals surface area contributed by atoms with Gasteiger partial charge < -0.3 is 9.15 Å². The molecular formula is C18H14N4O4S. The summed E-state index contributed by atoms with van der Waals surface area (Å²) in [6.45, 7) is 4.04. The van der Waals surface area contributed by atoms with Gasteiger partial charge in [0.25, 0.3) is 16.8 Å². The maximum Gasteiger partial charge on any atom is 0.281 e. The second-order valence-electron chi connectivity index (χ2n) is 5.67. The van der Waals surface area contributed by atoms with Crippen LogP contribution in [0, 0.1) is 35.3 Å². The number of hydrogen-bond acceptors (Lipinski definition) is 8. The van der Waals surface area contributed by atoms with E-state index < -0.39 is 4.92 Å².